The molecule has 1 atom stereocenters. The van der Waals surface area contributed by atoms with Gasteiger partial charge in [0.15, 0.2) is 6.10 Å². The van der Waals surface area contributed by atoms with Crippen LogP contribution in [-0.2, 0) is 11.2 Å². The Morgan fingerprint density at radius 3 is 2.46 bits per heavy atom. The molecule has 3 aromatic rings. The molecule has 0 spiro atoms. The van der Waals surface area contributed by atoms with Gasteiger partial charge in [0.05, 0.1) is 11.3 Å². The summed E-state index contributed by atoms with van der Waals surface area (Å²) < 4.78 is 5.63. The number of rotatable bonds is 7. The molecule has 0 aliphatic carbocycles. The van der Waals surface area contributed by atoms with E-state index in [1.54, 1.807) is 43.3 Å². The highest BCUT2D eigenvalue weighted by molar-refractivity contribution is 7.15. The van der Waals surface area contributed by atoms with E-state index in [0.717, 1.165) is 11.4 Å². The second-order valence-electron chi connectivity index (χ2n) is 5.92. The van der Waals surface area contributed by atoms with E-state index < -0.39 is 6.10 Å². The average molecular weight is 396 g/mol. The first-order valence-electron chi connectivity index (χ1n) is 8.82. The van der Waals surface area contributed by atoms with Gasteiger partial charge >= 0.3 is 0 Å². The number of para-hydroxylation sites is 2. The normalized spacial score (nSPS) is 11.5. The highest BCUT2D eigenvalue weighted by Gasteiger charge is 2.19. The second-order valence-corrected chi connectivity index (χ2v) is 6.98. The van der Waals surface area contributed by atoms with E-state index in [1.165, 1.54) is 11.3 Å². The van der Waals surface area contributed by atoms with Crippen molar-refractivity contribution >= 4 is 34.0 Å². The summed E-state index contributed by atoms with van der Waals surface area (Å²) in [5, 5.41) is 14.7. The zero-order valence-electron chi connectivity index (χ0n) is 15.5. The predicted molar refractivity (Wildman–Crippen MR) is 109 cm³/mol. The smallest absolute Gasteiger partial charge is 0.265 e. The third-order valence-electron chi connectivity index (χ3n) is 3.84. The highest BCUT2D eigenvalue weighted by Crippen LogP contribution is 2.20. The Bertz CT molecular complexity index is 959. The van der Waals surface area contributed by atoms with Gasteiger partial charge in [0.2, 0.25) is 5.13 Å². The monoisotopic (exact) mass is 396 g/mol. The van der Waals surface area contributed by atoms with Gasteiger partial charge in [0, 0.05) is 0 Å². The van der Waals surface area contributed by atoms with Crippen molar-refractivity contribution in [2.24, 2.45) is 0 Å². The molecule has 8 heteroatoms. The molecule has 0 aliphatic heterocycles. The number of amides is 2. The van der Waals surface area contributed by atoms with Gasteiger partial charge in [-0.25, -0.2) is 0 Å². The summed E-state index contributed by atoms with van der Waals surface area (Å²) in [6, 6.07) is 15.9. The second kappa shape index (κ2) is 9.09. The van der Waals surface area contributed by atoms with Crippen LogP contribution in [0, 0.1) is 0 Å². The zero-order valence-corrected chi connectivity index (χ0v) is 16.3. The number of carbonyl (C=O) groups is 2. The summed E-state index contributed by atoms with van der Waals surface area (Å²) in [5.41, 5.74) is 0.727. The Morgan fingerprint density at radius 2 is 1.75 bits per heavy atom. The number of aryl methyl sites for hydroxylation is 1. The van der Waals surface area contributed by atoms with Crippen molar-refractivity contribution in [2.45, 2.75) is 26.4 Å². The molecule has 2 amide bonds. The number of nitrogens with zero attached hydrogens (tertiary/aromatic N) is 2. The van der Waals surface area contributed by atoms with E-state index in [-0.39, 0.29) is 11.8 Å². The van der Waals surface area contributed by atoms with Gasteiger partial charge in [-0.05, 0) is 37.6 Å². The molecule has 0 saturated heterocycles. The lowest BCUT2D eigenvalue weighted by molar-refractivity contribution is -0.122. The first kappa shape index (κ1) is 19.5. The zero-order chi connectivity index (χ0) is 19.9. The summed E-state index contributed by atoms with van der Waals surface area (Å²) in [5.74, 6) is -0.126. The number of carbonyl (C=O) groups excluding carboxylic acids is 2. The van der Waals surface area contributed by atoms with Crippen molar-refractivity contribution in [1.82, 2.24) is 10.2 Å². The molecule has 0 radical (unpaired) electrons. The third-order valence-corrected chi connectivity index (χ3v) is 4.83. The quantitative estimate of drug-likeness (QED) is 0.634. The molecule has 3 rings (SSSR count). The van der Waals surface area contributed by atoms with Crippen molar-refractivity contribution in [2.75, 3.05) is 10.6 Å². The number of anilines is 2. The van der Waals surface area contributed by atoms with Crippen LogP contribution in [0.5, 0.6) is 5.75 Å². The number of hydrogen-bond acceptors (Lipinski definition) is 6. The van der Waals surface area contributed by atoms with Gasteiger partial charge in [0.1, 0.15) is 10.8 Å². The molecule has 28 heavy (non-hydrogen) atoms. The van der Waals surface area contributed by atoms with Crippen molar-refractivity contribution in [1.29, 1.82) is 0 Å². The molecule has 144 valence electrons. The number of hydrogen-bond donors (Lipinski definition) is 2. The SMILES string of the molecule is CCc1nnc(NC(=O)c2ccccc2NC(=O)C(C)Oc2ccccc2)s1. The Balaban J connectivity index is 1.69. The summed E-state index contributed by atoms with van der Waals surface area (Å²) in [7, 11) is 0. The summed E-state index contributed by atoms with van der Waals surface area (Å²) in [6.07, 6.45) is 0.0215. The van der Waals surface area contributed by atoms with Crippen molar-refractivity contribution in [3.63, 3.8) is 0 Å². The number of benzene rings is 2. The molecule has 0 saturated carbocycles. The molecule has 0 aliphatic rings. The summed E-state index contributed by atoms with van der Waals surface area (Å²) in [6.45, 7) is 3.62. The van der Waals surface area contributed by atoms with Crippen LogP contribution in [-0.4, -0.2) is 28.1 Å². The van der Waals surface area contributed by atoms with Crippen LogP contribution in [0.2, 0.25) is 0 Å². The first-order valence-corrected chi connectivity index (χ1v) is 9.63. The molecule has 2 aromatic carbocycles. The molecular weight excluding hydrogens is 376 g/mol. The van der Waals surface area contributed by atoms with E-state index >= 15 is 0 Å². The maximum Gasteiger partial charge on any atom is 0.265 e. The Hall–Kier alpha value is -3.26. The van der Waals surface area contributed by atoms with Gasteiger partial charge < -0.3 is 10.1 Å². The molecule has 2 N–H and O–H groups in total. The lowest BCUT2D eigenvalue weighted by atomic mass is 10.1. The van der Waals surface area contributed by atoms with Crippen LogP contribution in [0.1, 0.15) is 29.2 Å². The number of aromatic nitrogens is 2. The van der Waals surface area contributed by atoms with Crippen LogP contribution < -0.4 is 15.4 Å². The summed E-state index contributed by atoms with van der Waals surface area (Å²) in [4.78, 5) is 25.1. The third kappa shape index (κ3) is 4.92. The first-order chi connectivity index (χ1) is 13.6. The fourth-order valence-electron chi connectivity index (χ4n) is 2.39. The lowest BCUT2D eigenvalue weighted by Crippen LogP contribution is -2.31. The number of nitrogens with one attached hydrogen (secondary N) is 2. The largest absolute Gasteiger partial charge is 0.481 e. The van der Waals surface area contributed by atoms with E-state index in [4.69, 9.17) is 4.74 Å². The van der Waals surface area contributed by atoms with Crippen LogP contribution in [0.25, 0.3) is 0 Å². The Labute approximate surface area is 166 Å². The van der Waals surface area contributed by atoms with Crippen LogP contribution in [0.4, 0.5) is 10.8 Å². The fourth-order valence-corrected chi connectivity index (χ4v) is 3.07. The van der Waals surface area contributed by atoms with E-state index in [1.807, 2.05) is 25.1 Å². The van der Waals surface area contributed by atoms with E-state index in [9.17, 15) is 9.59 Å². The van der Waals surface area contributed by atoms with Gasteiger partial charge in [0.25, 0.3) is 11.8 Å². The average Bonchev–Trinajstić information content (AvgIpc) is 3.16. The molecule has 1 heterocycles. The van der Waals surface area contributed by atoms with Crippen LogP contribution in [0.15, 0.2) is 54.6 Å². The Morgan fingerprint density at radius 1 is 1.04 bits per heavy atom. The minimum Gasteiger partial charge on any atom is -0.481 e. The fraction of sp³-hybridized carbons (Fsp3) is 0.200. The van der Waals surface area contributed by atoms with Crippen molar-refractivity contribution in [3.05, 3.63) is 65.2 Å². The van der Waals surface area contributed by atoms with Gasteiger partial charge in [-0.1, -0.05) is 48.6 Å². The molecule has 1 aromatic heterocycles. The van der Waals surface area contributed by atoms with Gasteiger partial charge in [-0.2, -0.15) is 0 Å². The molecule has 7 nitrogen and oxygen atoms in total. The van der Waals surface area contributed by atoms with Gasteiger partial charge in [-0.15, -0.1) is 10.2 Å². The van der Waals surface area contributed by atoms with E-state index in [0.29, 0.717) is 22.1 Å². The van der Waals surface area contributed by atoms with Crippen molar-refractivity contribution in [3.8, 4) is 5.75 Å². The summed E-state index contributed by atoms with van der Waals surface area (Å²) >= 11 is 1.32. The van der Waals surface area contributed by atoms with Crippen LogP contribution >= 0.6 is 11.3 Å². The standard InChI is InChI=1S/C20H20N4O3S/c1-3-17-23-24-20(28-17)22-19(26)15-11-7-8-12-16(15)21-18(25)13(2)27-14-9-5-4-6-10-14/h4-13H,3H2,1-2H3,(H,21,25)(H,22,24,26). The minimum atomic E-state index is -0.728. The van der Waals surface area contributed by atoms with Crippen molar-refractivity contribution < 1.29 is 14.3 Å². The van der Waals surface area contributed by atoms with Gasteiger partial charge in [-0.3, -0.25) is 14.9 Å². The highest BCUT2D eigenvalue weighted by atomic mass is 32.1. The lowest BCUT2D eigenvalue weighted by Gasteiger charge is -2.16. The molecule has 0 fully saturated rings. The van der Waals surface area contributed by atoms with Crippen LogP contribution in [0.3, 0.4) is 0 Å². The Kier molecular flexibility index (Phi) is 6.33. The molecular formula is C20H20N4O3S. The topological polar surface area (TPSA) is 93.2 Å². The maximum absolute atomic E-state index is 12.6. The minimum absolute atomic E-state index is 0.330. The molecule has 1 unspecified atom stereocenters. The number of ether oxygens (including phenoxy) is 1. The predicted octanol–water partition coefficient (Wildman–Crippen LogP) is 3.76. The van der Waals surface area contributed by atoms with E-state index in [2.05, 4.69) is 20.8 Å². The maximum atomic E-state index is 12.6. The molecule has 0 bridgehead atoms.